The number of halogens is 1. The molecular formula is C14H17ClN4O. The molecule has 0 atom stereocenters. The van der Waals surface area contributed by atoms with E-state index in [4.69, 9.17) is 11.6 Å². The summed E-state index contributed by atoms with van der Waals surface area (Å²) < 4.78 is 1.57. The Morgan fingerprint density at radius 3 is 2.65 bits per heavy atom. The number of nitrogens with one attached hydrogen (secondary N) is 1. The van der Waals surface area contributed by atoms with E-state index in [0.717, 1.165) is 5.69 Å². The van der Waals surface area contributed by atoms with E-state index in [2.05, 4.69) is 36.2 Å². The summed E-state index contributed by atoms with van der Waals surface area (Å²) in [4.78, 5) is 16.2. The van der Waals surface area contributed by atoms with E-state index in [1.54, 1.807) is 36.1 Å². The summed E-state index contributed by atoms with van der Waals surface area (Å²) in [5.41, 5.74) is 1.72. The van der Waals surface area contributed by atoms with Gasteiger partial charge in [-0.3, -0.25) is 9.48 Å². The zero-order chi connectivity index (χ0) is 14.9. The molecule has 2 aromatic rings. The molecule has 0 saturated heterocycles. The van der Waals surface area contributed by atoms with Crippen molar-refractivity contribution in [1.82, 2.24) is 14.8 Å². The topological polar surface area (TPSA) is 59.8 Å². The van der Waals surface area contributed by atoms with Crippen LogP contribution in [0.3, 0.4) is 0 Å². The van der Waals surface area contributed by atoms with E-state index in [0.29, 0.717) is 11.4 Å². The number of anilines is 1. The first-order chi connectivity index (χ1) is 9.29. The Labute approximate surface area is 123 Å². The van der Waals surface area contributed by atoms with Gasteiger partial charge >= 0.3 is 0 Å². The molecule has 0 bridgehead atoms. The lowest BCUT2D eigenvalue weighted by Crippen LogP contribution is -2.16. The molecule has 2 heterocycles. The molecule has 0 aliphatic rings. The number of hydrogen-bond donors (Lipinski definition) is 1. The van der Waals surface area contributed by atoms with Crippen molar-refractivity contribution >= 4 is 23.2 Å². The van der Waals surface area contributed by atoms with E-state index < -0.39 is 0 Å². The van der Waals surface area contributed by atoms with E-state index in [1.807, 2.05) is 0 Å². The number of carbonyl (C=O) groups excluding carboxylic acids is 1. The van der Waals surface area contributed by atoms with Gasteiger partial charge in [0.2, 0.25) is 0 Å². The SMILES string of the molecule is Cn1nc(C(C)(C)C)cc1C(=O)Nc1cccnc1Cl. The summed E-state index contributed by atoms with van der Waals surface area (Å²) in [6.07, 6.45) is 1.57. The van der Waals surface area contributed by atoms with Crippen LogP contribution >= 0.6 is 11.6 Å². The Bertz CT molecular complexity index is 643. The van der Waals surface area contributed by atoms with Crippen LogP contribution in [-0.4, -0.2) is 20.7 Å². The Kier molecular flexibility index (Phi) is 3.81. The van der Waals surface area contributed by atoms with Crippen LogP contribution in [0.4, 0.5) is 5.69 Å². The first kappa shape index (κ1) is 14.5. The summed E-state index contributed by atoms with van der Waals surface area (Å²) in [7, 11) is 1.75. The normalized spacial score (nSPS) is 11.4. The smallest absolute Gasteiger partial charge is 0.274 e. The maximum Gasteiger partial charge on any atom is 0.274 e. The predicted octanol–water partition coefficient (Wildman–Crippen LogP) is 3.02. The third kappa shape index (κ3) is 2.99. The summed E-state index contributed by atoms with van der Waals surface area (Å²) >= 11 is 5.93. The average Bonchev–Trinajstić information content (AvgIpc) is 2.74. The van der Waals surface area contributed by atoms with Gasteiger partial charge in [-0.05, 0) is 18.2 Å². The fourth-order valence-corrected chi connectivity index (χ4v) is 1.88. The first-order valence-corrected chi connectivity index (χ1v) is 6.63. The Hall–Kier alpha value is -1.88. The lowest BCUT2D eigenvalue weighted by molar-refractivity contribution is 0.101. The quantitative estimate of drug-likeness (QED) is 0.866. The van der Waals surface area contributed by atoms with Gasteiger partial charge in [-0.25, -0.2) is 4.98 Å². The van der Waals surface area contributed by atoms with E-state index >= 15 is 0 Å². The van der Waals surface area contributed by atoms with Crippen LogP contribution in [0.1, 0.15) is 37.0 Å². The van der Waals surface area contributed by atoms with Crippen LogP contribution in [-0.2, 0) is 12.5 Å². The molecule has 0 aromatic carbocycles. The third-order valence-corrected chi connectivity index (χ3v) is 3.19. The second-order valence-electron chi connectivity index (χ2n) is 5.58. The number of aromatic nitrogens is 3. The molecule has 20 heavy (non-hydrogen) atoms. The molecule has 0 aliphatic carbocycles. The Balaban J connectivity index is 2.27. The van der Waals surface area contributed by atoms with Crippen molar-refractivity contribution in [2.75, 3.05) is 5.32 Å². The maximum absolute atomic E-state index is 12.3. The molecule has 2 rings (SSSR count). The van der Waals surface area contributed by atoms with Gasteiger partial charge < -0.3 is 5.32 Å². The van der Waals surface area contributed by atoms with Crippen LogP contribution in [0.25, 0.3) is 0 Å². The molecule has 2 aromatic heterocycles. The van der Waals surface area contributed by atoms with Gasteiger partial charge in [-0.2, -0.15) is 5.10 Å². The van der Waals surface area contributed by atoms with Gasteiger partial charge in [0.15, 0.2) is 5.15 Å². The van der Waals surface area contributed by atoms with Gasteiger partial charge in [0, 0.05) is 18.7 Å². The number of rotatable bonds is 2. The van der Waals surface area contributed by atoms with Crippen LogP contribution in [0.15, 0.2) is 24.4 Å². The largest absolute Gasteiger partial charge is 0.318 e. The Morgan fingerprint density at radius 1 is 1.40 bits per heavy atom. The summed E-state index contributed by atoms with van der Waals surface area (Å²) in [5, 5.41) is 7.38. The Morgan fingerprint density at radius 2 is 2.10 bits per heavy atom. The molecule has 0 unspecified atom stereocenters. The number of hydrogen-bond acceptors (Lipinski definition) is 3. The van der Waals surface area contributed by atoms with Gasteiger partial charge in [0.1, 0.15) is 5.69 Å². The van der Waals surface area contributed by atoms with Crippen molar-refractivity contribution in [1.29, 1.82) is 0 Å². The van der Waals surface area contributed by atoms with Crippen molar-refractivity contribution in [2.45, 2.75) is 26.2 Å². The molecule has 106 valence electrons. The van der Waals surface area contributed by atoms with Crippen molar-refractivity contribution in [3.8, 4) is 0 Å². The highest BCUT2D eigenvalue weighted by Gasteiger charge is 2.22. The fraction of sp³-hybridized carbons (Fsp3) is 0.357. The first-order valence-electron chi connectivity index (χ1n) is 6.25. The number of pyridine rings is 1. The van der Waals surface area contributed by atoms with Crippen molar-refractivity contribution in [2.24, 2.45) is 7.05 Å². The summed E-state index contributed by atoms with van der Waals surface area (Å²) in [6.45, 7) is 6.15. The molecule has 0 radical (unpaired) electrons. The van der Waals surface area contributed by atoms with E-state index in [1.165, 1.54) is 0 Å². The lowest BCUT2D eigenvalue weighted by Gasteiger charge is -2.13. The number of amides is 1. The fourth-order valence-electron chi connectivity index (χ4n) is 1.71. The second kappa shape index (κ2) is 5.25. The minimum Gasteiger partial charge on any atom is -0.318 e. The minimum atomic E-state index is -0.259. The second-order valence-corrected chi connectivity index (χ2v) is 5.94. The lowest BCUT2D eigenvalue weighted by atomic mass is 9.92. The van der Waals surface area contributed by atoms with Crippen LogP contribution in [0.2, 0.25) is 5.15 Å². The summed E-state index contributed by atoms with van der Waals surface area (Å²) in [6, 6.07) is 5.21. The standard InChI is InChI=1S/C14H17ClN4O/c1-14(2,3)11-8-10(19(4)18-11)13(20)17-9-6-5-7-16-12(9)15/h5-8H,1-4H3,(H,17,20). The highest BCUT2D eigenvalue weighted by atomic mass is 35.5. The zero-order valence-electron chi connectivity index (χ0n) is 11.9. The molecular weight excluding hydrogens is 276 g/mol. The zero-order valence-corrected chi connectivity index (χ0v) is 12.7. The van der Waals surface area contributed by atoms with Crippen LogP contribution in [0, 0.1) is 0 Å². The van der Waals surface area contributed by atoms with Gasteiger partial charge in [-0.15, -0.1) is 0 Å². The summed E-state index contributed by atoms with van der Waals surface area (Å²) in [5.74, 6) is -0.259. The molecule has 1 N–H and O–H groups in total. The van der Waals surface area contributed by atoms with E-state index in [-0.39, 0.29) is 16.5 Å². The minimum absolute atomic E-state index is 0.109. The molecule has 1 amide bonds. The van der Waals surface area contributed by atoms with Gasteiger partial charge in [-0.1, -0.05) is 32.4 Å². The highest BCUT2D eigenvalue weighted by Crippen LogP contribution is 2.23. The number of carbonyl (C=O) groups is 1. The molecule has 6 heteroatoms. The maximum atomic E-state index is 12.3. The number of aryl methyl sites for hydroxylation is 1. The van der Waals surface area contributed by atoms with Crippen molar-refractivity contribution in [3.05, 3.63) is 40.9 Å². The van der Waals surface area contributed by atoms with Gasteiger partial charge in [0.25, 0.3) is 5.91 Å². The monoisotopic (exact) mass is 292 g/mol. The molecule has 0 spiro atoms. The van der Waals surface area contributed by atoms with Crippen LogP contribution < -0.4 is 5.32 Å². The number of nitrogens with zero attached hydrogens (tertiary/aromatic N) is 3. The molecule has 5 nitrogen and oxygen atoms in total. The third-order valence-electron chi connectivity index (χ3n) is 2.89. The predicted molar refractivity (Wildman–Crippen MR) is 79.1 cm³/mol. The van der Waals surface area contributed by atoms with Crippen molar-refractivity contribution in [3.63, 3.8) is 0 Å². The van der Waals surface area contributed by atoms with Crippen LogP contribution in [0.5, 0.6) is 0 Å². The van der Waals surface area contributed by atoms with E-state index in [9.17, 15) is 4.79 Å². The van der Waals surface area contributed by atoms with Gasteiger partial charge in [0.05, 0.1) is 11.4 Å². The molecule has 0 saturated carbocycles. The average molecular weight is 293 g/mol. The molecule has 0 aliphatic heterocycles. The highest BCUT2D eigenvalue weighted by molar-refractivity contribution is 6.32. The molecule has 0 fully saturated rings. The van der Waals surface area contributed by atoms with Crippen molar-refractivity contribution < 1.29 is 4.79 Å².